The minimum Gasteiger partial charge on any atom is -0.386 e. The zero-order chi connectivity index (χ0) is 16.8. The molecule has 0 aromatic heterocycles. The molecule has 0 radical (unpaired) electrons. The number of aliphatic hydroxyl groups excluding tert-OH is 1. The number of carbonyl (C=O) groups excluding carboxylic acids is 1. The van der Waals surface area contributed by atoms with Crippen molar-refractivity contribution < 1.29 is 15.0 Å². The Bertz CT molecular complexity index is 594. The number of hydrogen-bond acceptors (Lipinski definition) is 3. The van der Waals surface area contributed by atoms with Crippen LogP contribution in [0.1, 0.15) is 65.7 Å². The third kappa shape index (κ3) is 1.76. The second kappa shape index (κ2) is 4.29. The summed E-state index contributed by atoms with van der Waals surface area (Å²) in [6.07, 6.45) is 5.10. The lowest BCUT2D eigenvalue weighted by Crippen LogP contribution is -2.64. The molecule has 6 atom stereocenters. The molecule has 0 saturated heterocycles. The third-order valence-electron chi connectivity index (χ3n) is 8.35. The van der Waals surface area contributed by atoms with Crippen LogP contribution in [0.2, 0.25) is 0 Å². The molecule has 0 heterocycles. The van der Waals surface area contributed by atoms with Crippen molar-refractivity contribution >= 4 is 5.78 Å². The summed E-state index contributed by atoms with van der Waals surface area (Å²) < 4.78 is 0. The zero-order valence-corrected chi connectivity index (χ0v) is 14.7. The van der Waals surface area contributed by atoms with E-state index in [2.05, 4.69) is 27.4 Å². The van der Waals surface area contributed by atoms with Gasteiger partial charge in [-0.15, -0.1) is 0 Å². The van der Waals surface area contributed by atoms with Crippen molar-refractivity contribution in [2.75, 3.05) is 0 Å². The fourth-order valence-corrected chi connectivity index (χ4v) is 7.50. The van der Waals surface area contributed by atoms with Crippen LogP contribution >= 0.6 is 0 Å². The molecule has 6 unspecified atom stereocenters. The molecule has 4 saturated carbocycles. The lowest BCUT2D eigenvalue weighted by Gasteiger charge is -2.64. The van der Waals surface area contributed by atoms with Gasteiger partial charge in [-0.05, 0) is 66.8 Å². The highest BCUT2D eigenvalue weighted by atomic mass is 16.3. The van der Waals surface area contributed by atoms with Crippen molar-refractivity contribution in [3.63, 3.8) is 0 Å². The SMILES string of the molecule is C=C1CC23CCC4C(C)(C)CC(=O)C(O)C4(C)C2CCC1(O)C3. The number of carbonyl (C=O) groups is 1. The third-order valence-corrected chi connectivity index (χ3v) is 8.35. The van der Waals surface area contributed by atoms with E-state index < -0.39 is 11.7 Å². The summed E-state index contributed by atoms with van der Waals surface area (Å²) in [5.41, 5.74) is -0.0694. The van der Waals surface area contributed by atoms with Crippen LogP contribution < -0.4 is 0 Å². The predicted octanol–water partition coefficient (Wildman–Crippen LogP) is 3.24. The molecule has 0 aromatic carbocycles. The Morgan fingerprint density at radius 3 is 2.43 bits per heavy atom. The van der Waals surface area contributed by atoms with Crippen molar-refractivity contribution in [2.45, 2.75) is 77.4 Å². The molecule has 4 rings (SSSR count). The van der Waals surface area contributed by atoms with E-state index in [4.69, 9.17) is 0 Å². The maximum atomic E-state index is 12.6. The second-order valence-electron chi connectivity index (χ2n) is 9.93. The summed E-state index contributed by atoms with van der Waals surface area (Å²) in [4.78, 5) is 12.6. The van der Waals surface area contributed by atoms with E-state index in [1.807, 2.05) is 0 Å². The number of Topliss-reactive ketones (excluding diaryl/α,β-unsaturated/α-hetero) is 1. The Balaban J connectivity index is 1.82. The fraction of sp³-hybridized carbons (Fsp3) is 0.850. The first kappa shape index (κ1) is 15.8. The molecule has 4 fully saturated rings. The number of fused-ring (bicyclic) bond motifs is 3. The van der Waals surface area contributed by atoms with Crippen LogP contribution in [0.5, 0.6) is 0 Å². The molecule has 4 aliphatic rings. The Hall–Kier alpha value is -0.670. The summed E-state index contributed by atoms with van der Waals surface area (Å²) in [6.45, 7) is 10.7. The number of hydrogen-bond donors (Lipinski definition) is 2. The van der Waals surface area contributed by atoms with Crippen LogP contribution in [-0.2, 0) is 4.79 Å². The van der Waals surface area contributed by atoms with E-state index in [0.29, 0.717) is 18.3 Å². The van der Waals surface area contributed by atoms with Crippen LogP contribution in [-0.4, -0.2) is 27.7 Å². The van der Waals surface area contributed by atoms with Gasteiger partial charge in [0.15, 0.2) is 5.78 Å². The molecule has 128 valence electrons. The molecule has 4 aliphatic carbocycles. The maximum absolute atomic E-state index is 12.6. The van der Waals surface area contributed by atoms with Gasteiger partial charge in [-0.25, -0.2) is 0 Å². The Kier molecular flexibility index (Phi) is 2.95. The normalized spacial score (nSPS) is 54.6. The molecule has 3 nitrogen and oxygen atoms in total. The standard InChI is InChI=1S/C20H30O3/c1-12-9-19-7-5-14-17(2,3)10-13(21)16(22)18(14,4)15(19)6-8-20(12,23)11-19/h14-16,22-23H,1,5-11H2,2-4H3. The van der Waals surface area contributed by atoms with Gasteiger partial charge in [0.2, 0.25) is 0 Å². The number of aliphatic hydroxyl groups is 2. The highest BCUT2D eigenvalue weighted by Crippen LogP contribution is 2.72. The minimum absolute atomic E-state index is 0.0171. The second-order valence-corrected chi connectivity index (χ2v) is 9.93. The quantitative estimate of drug-likeness (QED) is 0.674. The van der Waals surface area contributed by atoms with Crippen molar-refractivity contribution in [1.82, 2.24) is 0 Å². The first-order chi connectivity index (χ1) is 10.6. The maximum Gasteiger partial charge on any atom is 0.162 e. The van der Waals surface area contributed by atoms with Crippen molar-refractivity contribution in [3.8, 4) is 0 Å². The van der Waals surface area contributed by atoms with Gasteiger partial charge in [0.25, 0.3) is 0 Å². The van der Waals surface area contributed by atoms with Gasteiger partial charge < -0.3 is 10.2 Å². The van der Waals surface area contributed by atoms with E-state index in [1.54, 1.807) is 0 Å². The molecule has 23 heavy (non-hydrogen) atoms. The molecule has 0 aromatic rings. The number of rotatable bonds is 0. The molecule has 2 N–H and O–H groups in total. The predicted molar refractivity (Wildman–Crippen MR) is 88.7 cm³/mol. The molecular weight excluding hydrogens is 288 g/mol. The minimum atomic E-state index is -0.845. The molecule has 0 amide bonds. The van der Waals surface area contributed by atoms with E-state index in [9.17, 15) is 15.0 Å². The van der Waals surface area contributed by atoms with Crippen LogP contribution in [0.25, 0.3) is 0 Å². The number of ketones is 1. The Labute approximate surface area is 139 Å². The van der Waals surface area contributed by atoms with Crippen molar-refractivity contribution in [3.05, 3.63) is 12.2 Å². The van der Waals surface area contributed by atoms with Gasteiger partial charge >= 0.3 is 0 Å². The van der Waals surface area contributed by atoms with Crippen LogP contribution in [0, 0.1) is 28.1 Å². The molecule has 2 bridgehead atoms. The highest BCUT2D eigenvalue weighted by Gasteiger charge is 2.69. The summed E-state index contributed by atoms with van der Waals surface area (Å²) in [5, 5.41) is 21.8. The largest absolute Gasteiger partial charge is 0.386 e. The molecule has 0 aliphatic heterocycles. The van der Waals surface area contributed by atoms with E-state index in [0.717, 1.165) is 44.1 Å². The van der Waals surface area contributed by atoms with Crippen LogP contribution in [0.4, 0.5) is 0 Å². The topological polar surface area (TPSA) is 57.5 Å². The average molecular weight is 318 g/mol. The average Bonchev–Trinajstić information content (AvgIpc) is 2.61. The Morgan fingerprint density at radius 2 is 1.74 bits per heavy atom. The fourth-order valence-electron chi connectivity index (χ4n) is 7.50. The van der Waals surface area contributed by atoms with E-state index in [1.165, 1.54) is 0 Å². The van der Waals surface area contributed by atoms with Gasteiger partial charge in [-0.2, -0.15) is 0 Å². The zero-order valence-electron chi connectivity index (χ0n) is 14.7. The molecule has 1 spiro atoms. The van der Waals surface area contributed by atoms with Gasteiger partial charge in [0.05, 0.1) is 5.60 Å². The van der Waals surface area contributed by atoms with E-state index in [-0.39, 0.29) is 22.0 Å². The summed E-state index contributed by atoms with van der Waals surface area (Å²) in [6, 6.07) is 0. The lowest BCUT2D eigenvalue weighted by atomic mass is 9.40. The van der Waals surface area contributed by atoms with Gasteiger partial charge in [-0.3, -0.25) is 4.79 Å². The van der Waals surface area contributed by atoms with E-state index >= 15 is 0 Å². The van der Waals surface area contributed by atoms with Crippen LogP contribution in [0.15, 0.2) is 12.2 Å². The Morgan fingerprint density at radius 1 is 1.09 bits per heavy atom. The van der Waals surface area contributed by atoms with Gasteiger partial charge in [0, 0.05) is 11.8 Å². The molecule has 3 heteroatoms. The highest BCUT2D eigenvalue weighted by molar-refractivity contribution is 5.85. The van der Waals surface area contributed by atoms with Crippen molar-refractivity contribution in [2.24, 2.45) is 28.1 Å². The van der Waals surface area contributed by atoms with Gasteiger partial charge in [-0.1, -0.05) is 27.4 Å². The van der Waals surface area contributed by atoms with Crippen molar-refractivity contribution in [1.29, 1.82) is 0 Å². The molecular formula is C20H30O3. The first-order valence-electron chi connectivity index (χ1n) is 9.17. The smallest absolute Gasteiger partial charge is 0.162 e. The van der Waals surface area contributed by atoms with Gasteiger partial charge in [0.1, 0.15) is 6.10 Å². The summed E-state index contributed by atoms with van der Waals surface area (Å²) in [5.74, 6) is 0.702. The lowest BCUT2D eigenvalue weighted by molar-refractivity contribution is -0.205. The first-order valence-corrected chi connectivity index (χ1v) is 9.17. The van der Waals surface area contributed by atoms with Crippen LogP contribution in [0.3, 0.4) is 0 Å². The summed E-state index contributed by atoms with van der Waals surface area (Å²) in [7, 11) is 0. The summed E-state index contributed by atoms with van der Waals surface area (Å²) >= 11 is 0. The monoisotopic (exact) mass is 318 g/mol.